The first-order chi connectivity index (χ1) is 11.5. The van der Waals surface area contributed by atoms with Crippen LogP contribution in [-0.2, 0) is 19.1 Å². The second kappa shape index (κ2) is 8.54. The van der Waals surface area contributed by atoms with Crippen molar-refractivity contribution in [3.63, 3.8) is 0 Å². The van der Waals surface area contributed by atoms with Crippen LogP contribution in [0.4, 0.5) is 4.79 Å². The van der Waals surface area contributed by atoms with Crippen molar-refractivity contribution in [3.8, 4) is 0 Å². The van der Waals surface area contributed by atoms with Crippen LogP contribution in [-0.4, -0.2) is 40.9 Å². The number of carbonyl (C=O) groups excluding carboxylic acids is 2. The van der Waals surface area contributed by atoms with Crippen LogP contribution in [0.25, 0.3) is 0 Å². The number of amides is 1. The van der Waals surface area contributed by atoms with Gasteiger partial charge in [0, 0.05) is 13.0 Å². The minimum atomic E-state index is -1.17. The molecule has 2 N–H and O–H groups in total. The highest BCUT2D eigenvalue weighted by Crippen LogP contribution is 2.44. The number of rotatable bonds is 7. The highest BCUT2D eigenvalue weighted by molar-refractivity contribution is 5.77. The van der Waals surface area contributed by atoms with Gasteiger partial charge in [0.05, 0.1) is 0 Å². The Balaban J connectivity index is 2.86. The van der Waals surface area contributed by atoms with E-state index in [4.69, 9.17) is 9.47 Å². The third-order valence-corrected chi connectivity index (χ3v) is 4.44. The number of hydrogen-bond acceptors (Lipinski definition) is 5. The Bertz CT molecular complexity index is 498. The van der Waals surface area contributed by atoms with E-state index >= 15 is 0 Å². The largest absolute Gasteiger partial charge is 0.481 e. The molecular formula is C18H31NO6. The predicted octanol–water partition coefficient (Wildman–Crippen LogP) is 3.26. The summed E-state index contributed by atoms with van der Waals surface area (Å²) in [5.41, 5.74) is -1.78. The molecule has 1 saturated carbocycles. The zero-order chi connectivity index (χ0) is 19.3. The number of alkyl carbamates (subject to hydrolysis) is 1. The summed E-state index contributed by atoms with van der Waals surface area (Å²) < 4.78 is 10.6. The highest BCUT2D eigenvalue weighted by atomic mass is 16.6. The molecule has 0 spiro atoms. The van der Waals surface area contributed by atoms with Crippen molar-refractivity contribution in [1.29, 1.82) is 0 Å². The zero-order valence-electron chi connectivity index (χ0n) is 15.9. The Morgan fingerprint density at radius 2 is 1.96 bits per heavy atom. The van der Waals surface area contributed by atoms with Gasteiger partial charge in [-0.25, -0.2) is 4.79 Å². The van der Waals surface area contributed by atoms with Crippen LogP contribution in [0.3, 0.4) is 0 Å². The monoisotopic (exact) mass is 357 g/mol. The lowest BCUT2D eigenvalue weighted by Gasteiger charge is -2.33. The van der Waals surface area contributed by atoms with E-state index in [2.05, 4.69) is 5.32 Å². The van der Waals surface area contributed by atoms with Crippen molar-refractivity contribution in [2.45, 2.75) is 90.9 Å². The van der Waals surface area contributed by atoms with Crippen molar-refractivity contribution >= 4 is 18.0 Å². The molecule has 0 aromatic carbocycles. The molecule has 1 rings (SSSR count). The van der Waals surface area contributed by atoms with Gasteiger partial charge < -0.3 is 19.9 Å². The lowest BCUT2D eigenvalue weighted by molar-refractivity contribution is -0.168. The number of unbranched alkanes of at least 4 members (excludes halogenated alkanes) is 1. The molecule has 1 amide bonds. The Labute approximate surface area is 149 Å². The number of esters is 1. The average molecular weight is 357 g/mol. The zero-order valence-corrected chi connectivity index (χ0v) is 15.9. The number of carboxylic acids is 1. The smallest absolute Gasteiger partial charge is 0.407 e. The molecule has 25 heavy (non-hydrogen) atoms. The molecule has 7 nitrogen and oxygen atoms in total. The highest BCUT2D eigenvalue weighted by Gasteiger charge is 2.53. The fourth-order valence-electron chi connectivity index (χ4n) is 3.34. The fraction of sp³-hybridized carbons (Fsp3) is 0.833. The first-order valence-electron chi connectivity index (χ1n) is 8.90. The summed E-state index contributed by atoms with van der Waals surface area (Å²) in [5, 5.41) is 12.6. The summed E-state index contributed by atoms with van der Waals surface area (Å²) in [6, 6.07) is -0.314. The Morgan fingerprint density at radius 3 is 2.44 bits per heavy atom. The summed E-state index contributed by atoms with van der Waals surface area (Å²) in [6.07, 6.45) is 2.00. The van der Waals surface area contributed by atoms with Crippen LogP contribution in [0, 0.1) is 5.41 Å². The molecular weight excluding hydrogens is 326 g/mol. The minimum Gasteiger partial charge on any atom is -0.481 e. The quantitative estimate of drug-likeness (QED) is 0.678. The molecule has 144 valence electrons. The van der Waals surface area contributed by atoms with Crippen LogP contribution < -0.4 is 5.32 Å². The molecule has 0 heterocycles. The Hall–Kier alpha value is -1.79. The van der Waals surface area contributed by atoms with E-state index in [0.29, 0.717) is 19.3 Å². The summed E-state index contributed by atoms with van der Waals surface area (Å²) in [5.74, 6) is -1.46. The molecule has 0 saturated heterocycles. The second-order valence-corrected chi connectivity index (χ2v) is 7.79. The maximum absolute atomic E-state index is 12.0. The van der Waals surface area contributed by atoms with Gasteiger partial charge in [-0.3, -0.25) is 9.59 Å². The molecule has 1 aliphatic carbocycles. The third-order valence-electron chi connectivity index (χ3n) is 4.44. The predicted molar refractivity (Wildman–Crippen MR) is 92.2 cm³/mol. The van der Waals surface area contributed by atoms with Gasteiger partial charge >= 0.3 is 18.0 Å². The number of carbonyl (C=O) groups is 3. The number of aliphatic carboxylic acids is 1. The molecule has 1 aliphatic rings. The lowest BCUT2D eigenvalue weighted by atomic mass is 9.78. The van der Waals surface area contributed by atoms with E-state index < -0.39 is 35.2 Å². The van der Waals surface area contributed by atoms with Gasteiger partial charge in [-0.05, 0) is 46.5 Å². The van der Waals surface area contributed by atoms with Gasteiger partial charge in [-0.1, -0.05) is 19.8 Å². The fourth-order valence-corrected chi connectivity index (χ4v) is 3.34. The van der Waals surface area contributed by atoms with Crippen molar-refractivity contribution in [3.05, 3.63) is 0 Å². The standard InChI is InChI=1S/C18H31NO6/c1-6-7-8-14(24-12(2)20)18(15(21)22)10-9-13(11-18)19-16(23)25-17(3,4)5/h13-14H,6-11H2,1-5H3,(H,19,23)(H,21,22). The summed E-state index contributed by atoms with van der Waals surface area (Å²) in [7, 11) is 0. The maximum Gasteiger partial charge on any atom is 0.407 e. The molecule has 0 aromatic heterocycles. The number of hydrogen-bond donors (Lipinski definition) is 2. The number of nitrogens with one attached hydrogen (secondary N) is 1. The molecule has 3 unspecified atom stereocenters. The van der Waals surface area contributed by atoms with Gasteiger partial charge in [0.2, 0.25) is 0 Å². The van der Waals surface area contributed by atoms with Crippen molar-refractivity contribution in [1.82, 2.24) is 5.32 Å². The third kappa shape index (κ3) is 6.21. The van der Waals surface area contributed by atoms with Crippen LogP contribution >= 0.6 is 0 Å². The minimum absolute atomic E-state index is 0.225. The second-order valence-electron chi connectivity index (χ2n) is 7.79. The van der Waals surface area contributed by atoms with E-state index in [0.717, 1.165) is 12.8 Å². The van der Waals surface area contributed by atoms with Crippen LogP contribution in [0.15, 0.2) is 0 Å². The average Bonchev–Trinajstić information content (AvgIpc) is 2.86. The first kappa shape index (κ1) is 21.3. The summed E-state index contributed by atoms with van der Waals surface area (Å²) in [6.45, 7) is 8.60. The van der Waals surface area contributed by atoms with Crippen molar-refractivity contribution < 1.29 is 29.0 Å². The number of carboxylic acid groups (broad SMARTS) is 1. The van der Waals surface area contributed by atoms with E-state index in [-0.39, 0.29) is 12.5 Å². The van der Waals surface area contributed by atoms with E-state index in [1.807, 2.05) is 6.92 Å². The molecule has 0 bridgehead atoms. The van der Waals surface area contributed by atoms with Crippen LogP contribution in [0.1, 0.15) is 73.1 Å². The summed E-state index contributed by atoms with van der Waals surface area (Å²) in [4.78, 5) is 35.4. The van der Waals surface area contributed by atoms with E-state index in [9.17, 15) is 19.5 Å². The molecule has 0 radical (unpaired) electrons. The lowest BCUT2D eigenvalue weighted by Crippen LogP contribution is -2.45. The SMILES string of the molecule is CCCCC(OC(C)=O)C1(C(=O)O)CCC(NC(=O)OC(C)(C)C)C1. The molecule has 0 aliphatic heterocycles. The summed E-state index contributed by atoms with van der Waals surface area (Å²) >= 11 is 0. The molecule has 3 atom stereocenters. The van der Waals surface area contributed by atoms with Crippen molar-refractivity contribution in [2.24, 2.45) is 5.41 Å². The van der Waals surface area contributed by atoms with Crippen molar-refractivity contribution in [2.75, 3.05) is 0 Å². The molecule has 1 fully saturated rings. The van der Waals surface area contributed by atoms with Gasteiger partial charge in [0.15, 0.2) is 0 Å². The molecule has 7 heteroatoms. The van der Waals surface area contributed by atoms with E-state index in [1.54, 1.807) is 20.8 Å². The van der Waals surface area contributed by atoms with Gasteiger partial charge in [-0.2, -0.15) is 0 Å². The van der Waals surface area contributed by atoms with Crippen LogP contribution in [0.2, 0.25) is 0 Å². The normalized spacial score (nSPS) is 24.4. The van der Waals surface area contributed by atoms with E-state index in [1.165, 1.54) is 6.92 Å². The first-order valence-corrected chi connectivity index (χ1v) is 8.90. The molecule has 0 aromatic rings. The van der Waals surface area contributed by atoms with Crippen LogP contribution in [0.5, 0.6) is 0 Å². The Morgan fingerprint density at radius 1 is 1.32 bits per heavy atom. The number of ether oxygens (including phenoxy) is 2. The topological polar surface area (TPSA) is 102 Å². The van der Waals surface area contributed by atoms with Gasteiger partial charge in [0.1, 0.15) is 17.1 Å². The van der Waals surface area contributed by atoms with Gasteiger partial charge in [0.25, 0.3) is 0 Å². The van der Waals surface area contributed by atoms with Gasteiger partial charge in [-0.15, -0.1) is 0 Å². The Kier molecular flexibility index (Phi) is 7.26. The maximum atomic E-state index is 12.0.